The molecule has 22 nitrogen and oxygen atoms in total. The summed E-state index contributed by atoms with van der Waals surface area (Å²) in [7, 11) is 2.89. The summed E-state index contributed by atoms with van der Waals surface area (Å²) in [5.74, 6) is -3.45. The zero-order valence-corrected chi connectivity index (χ0v) is 55.5. The number of methoxy groups -OCH3 is 2. The molecule has 502 valence electrons. The second kappa shape index (κ2) is 32.7. The van der Waals surface area contributed by atoms with Crippen molar-refractivity contribution in [1.82, 2.24) is 52.0 Å². The van der Waals surface area contributed by atoms with Crippen molar-refractivity contribution in [3.63, 3.8) is 0 Å². The molecular weight excluding hydrogens is 1240 g/mol. The molecule has 1 aromatic heterocycles. The minimum Gasteiger partial charge on any atom is -0.497 e. The first-order valence-electron chi connectivity index (χ1n) is 31.9. The summed E-state index contributed by atoms with van der Waals surface area (Å²) in [6.45, 7) is 6.73. The number of allylic oxidation sites excluding steroid dienone is 1. The number of aromatic nitrogens is 1. The summed E-state index contributed by atoms with van der Waals surface area (Å²) in [6.07, 6.45) is 4.45. The Morgan fingerprint density at radius 2 is 1.38 bits per heavy atom. The molecule has 4 aliphatic heterocycles. The van der Waals surface area contributed by atoms with Gasteiger partial charge in [0, 0.05) is 92.5 Å². The highest BCUT2D eigenvalue weighted by atomic mass is 32.2. The van der Waals surface area contributed by atoms with E-state index < -0.39 is 107 Å². The molecule has 25 heteroatoms. The molecular formula is C69H85FN10O12S2. The second-order valence-electron chi connectivity index (χ2n) is 24.5. The summed E-state index contributed by atoms with van der Waals surface area (Å²) in [6, 6.07) is 17.3. The fourth-order valence-electron chi connectivity index (χ4n) is 12.3. The van der Waals surface area contributed by atoms with Gasteiger partial charge in [0.15, 0.2) is 0 Å². The molecule has 0 saturated carbocycles. The topological polar surface area (TPSA) is 288 Å². The van der Waals surface area contributed by atoms with E-state index >= 15 is 28.4 Å². The maximum absolute atomic E-state index is 15.7. The lowest BCUT2D eigenvalue weighted by molar-refractivity contribution is -0.147. The standard InChI is InChI=1S/C69H85FN10O12S2/c1-41-61(82)74-42(2)62(83)75-54-35-46-14-9-13-44(32-46)12-7-8-29-92-57-23-28-79(66(87)56(76-63(54)84)36-49-38-72-53-22-19-50(70)37-52(49)53)60(57)65(86)78-59(43(3)90-5)64(85)77-55(34-45-17-20-51(91-6)21-18-45)67(88)80-27-11-25-69(80,4)68(89)71-26-31-94-40-48-16-10-15-47(33-48)39-93-30-24-58(81)73-41/h7-10,13-22,32-33,37-38,41-43,54-57,59-60,72H,11-12,23-31,34-36,39-40H2,1-6H3,(H,71,89)(H,73,81)(H,74,82)(H,75,83)(H,76,84)(H,77,85)(H,78,86)/b8-7-/t41-,42+,43+,54-,55-,56-,57-,59-,60-,69-/m0/s1. The van der Waals surface area contributed by atoms with E-state index in [4.69, 9.17) is 14.2 Å². The Bertz CT molecular complexity index is 3590. The van der Waals surface area contributed by atoms with Crippen molar-refractivity contribution in [1.29, 1.82) is 0 Å². The molecule has 0 spiro atoms. The van der Waals surface area contributed by atoms with Gasteiger partial charge in [0.1, 0.15) is 59.4 Å². The third kappa shape index (κ3) is 17.9. The number of halogens is 1. The van der Waals surface area contributed by atoms with Crippen LogP contribution in [0.1, 0.15) is 86.8 Å². The molecule has 5 heterocycles. The monoisotopic (exact) mass is 1330 g/mol. The van der Waals surface area contributed by atoms with Crippen molar-refractivity contribution in [2.45, 2.75) is 151 Å². The first-order valence-corrected chi connectivity index (χ1v) is 34.2. The Labute approximate surface area is 555 Å². The van der Waals surface area contributed by atoms with E-state index in [-0.39, 0.29) is 63.6 Å². The van der Waals surface area contributed by atoms with Crippen molar-refractivity contribution in [3.8, 4) is 5.75 Å². The largest absolute Gasteiger partial charge is 0.497 e. The third-order valence-electron chi connectivity index (χ3n) is 17.7. The number of amides is 9. The van der Waals surface area contributed by atoms with Gasteiger partial charge in [-0.25, -0.2) is 4.39 Å². The summed E-state index contributed by atoms with van der Waals surface area (Å²) in [4.78, 5) is 138. The lowest BCUT2D eigenvalue weighted by atomic mass is 9.95. The molecule has 4 aromatic carbocycles. The number of H-pyrrole nitrogens is 1. The van der Waals surface area contributed by atoms with Gasteiger partial charge in [0.25, 0.3) is 0 Å². The molecule has 5 aromatic rings. The van der Waals surface area contributed by atoms with E-state index in [0.717, 1.165) is 16.7 Å². The summed E-state index contributed by atoms with van der Waals surface area (Å²) >= 11 is 3.20. The Morgan fingerprint density at radius 1 is 0.702 bits per heavy atom. The number of hydrogen-bond acceptors (Lipinski definition) is 14. The van der Waals surface area contributed by atoms with Gasteiger partial charge in [-0.05, 0) is 117 Å². The Morgan fingerprint density at radius 3 is 2.13 bits per heavy atom. The summed E-state index contributed by atoms with van der Waals surface area (Å²) in [5.41, 5.74) is 4.00. The fourth-order valence-corrected chi connectivity index (χ4v) is 14.0. The van der Waals surface area contributed by atoms with Crippen molar-refractivity contribution < 1.29 is 61.8 Å². The van der Waals surface area contributed by atoms with Crippen LogP contribution in [0.5, 0.6) is 5.75 Å². The molecule has 10 atom stereocenters. The number of nitrogens with zero attached hydrogens (tertiary/aromatic N) is 2. The van der Waals surface area contributed by atoms with Crippen molar-refractivity contribution in [2.24, 2.45) is 0 Å². The predicted molar refractivity (Wildman–Crippen MR) is 357 cm³/mol. The zero-order valence-electron chi connectivity index (χ0n) is 53.9. The van der Waals surface area contributed by atoms with Gasteiger partial charge in [0.2, 0.25) is 53.2 Å². The summed E-state index contributed by atoms with van der Waals surface area (Å²) in [5, 5.41) is 20.4. The normalized spacial score (nSPS) is 26.5. The average Bonchev–Trinajstić information content (AvgIpc) is 1.55. The van der Waals surface area contributed by atoms with Crippen LogP contribution in [-0.4, -0.2) is 180 Å². The minimum absolute atomic E-state index is 0.0132. The average molecular weight is 1330 g/mol. The van der Waals surface area contributed by atoms with Crippen LogP contribution >= 0.6 is 23.5 Å². The molecule has 9 amide bonds. The number of benzene rings is 4. The van der Waals surface area contributed by atoms with E-state index in [1.807, 2.05) is 42.5 Å². The van der Waals surface area contributed by atoms with E-state index in [9.17, 15) is 19.2 Å². The molecule has 8 bridgehead atoms. The number of thioether (sulfide) groups is 2. The Hall–Kier alpha value is -8.26. The van der Waals surface area contributed by atoms with Crippen LogP contribution in [0.25, 0.3) is 10.9 Å². The van der Waals surface area contributed by atoms with Gasteiger partial charge in [-0.3, -0.25) is 43.2 Å². The van der Waals surface area contributed by atoms with E-state index in [2.05, 4.69) is 48.3 Å². The Kier molecular flexibility index (Phi) is 24.4. The number of nitrogens with one attached hydrogen (secondary N) is 8. The smallest absolute Gasteiger partial charge is 0.246 e. The van der Waals surface area contributed by atoms with Crippen LogP contribution in [0.15, 0.2) is 109 Å². The molecule has 9 rings (SSSR count). The SMILES string of the molecule is COc1ccc(C[C@@H]2NC(=O)[C@H]([C@@H](C)OC)NC(=O)[C@@H]3[C@@H]4CCN3C(=O)[C@H](Cc3c[nH]c5ccc(F)cc35)NC(=O)[C@H](Cc3cccc(c3)C/C=C\CO4)NC(=O)[C@@H](C)NC(=O)[C@H](C)NC(=O)CCSCc3cccc(c3)CSCCNC(=O)[C@]3(C)CCCN3C2=O)cc1. The van der Waals surface area contributed by atoms with Crippen LogP contribution in [0.3, 0.4) is 0 Å². The second-order valence-corrected chi connectivity index (χ2v) is 26.7. The van der Waals surface area contributed by atoms with Crippen LogP contribution in [0, 0.1) is 5.82 Å². The third-order valence-corrected chi connectivity index (χ3v) is 19.8. The molecule has 0 unspecified atom stereocenters. The fraction of sp³-hybridized carbons (Fsp3) is 0.464. The maximum atomic E-state index is 15.7. The van der Waals surface area contributed by atoms with E-state index in [1.165, 1.54) is 56.1 Å². The number of aromatic amines is 1. The van der Waals surface area contributed by atoms with Gasteiger partial charge < -0.3 is 66.2 Å². The number of rotatable bonds is 7. The molecule has 0 radical (unpaired) electrons. The highest BCUT2D eigenvalue weighted by molar-refractivity contribution is 7.98. The quantitative estimate of drug-likeness (QED) is 0.104. The number of ether oxygens (including phenoxy) is 3. The van der Waals surface area contributed by atoms with Crippen LogP contribution in [-0.2, 0) is 89.8 Å². The molecule has 2 saturated heterocycles. The van der Waals surface area contributed by atoms with Gasteiger partial charge >= 0.3 is 0 Å². The number of fused-ring (bicyclic) bond motifs is 10. The molecule has 4 aliphatic rings. The highest BCUT2D eigenvalue weighted by Gasteiger charge is 2.49. The summed E-state index contributed by atoms with van der Waals surface area (Å²) < 4.78 is 32.7. The van der Waals surface area contributed by atoms with Gasteiger partial charge in [0.05, 0.1) is 25.9 Å². The van der Waals surface area contributed by atoms with Crippen LogP contribution < -0.4 is 42.0 Å². The predicted octanol–water partition coefficient (Wildman–Crippen LogP) is 4.49. The van der Waals surface area contributed by atoms with Gasteiger partial charge in [-0.2, -0.15) is 23.5 Å². The molecule has 8 N–H and O–H groups in total. The minimum atomic E-state index is -1.50. The number of carbonyl (C=O) groups is 9. The Balaban J connectivity index is 1.06. The maximum Gasteiger partial charge on any atom is 0.246 e. The molecule has 0 aliphatic carbocycles. The van der Waals surface area contributed by atoms with Crippen molar-refractivity contribution >= 4 is 87.6 Å². The number of carbonyl (C=O) groups excluding carboxylic acids is 9. The van der Waals surface area contributed by atoms with Gasteiger partial charge in [-0.1, -0.05) is 72.8 Å². The molecule has 94 heavy (non-hydrogen) atoms. The van der Waals surface area contributed by atoms with Crippen molar-refractivity contribution in [2.75, 3.05) is 52.0 Å². The first-order chi connectivity index (χ1) is 45.2. The van der Waals surface area contributed by atoms with E-state index in [1.54, 1.807) is 80.0 Å². The van der Waals surface area contributed by atoms with E-state index in [0.29, 0.717) is 82.2 Å². The lowest BCUT2D eigenvalue weighted by Gasteiger charge is -2.37. The van der Waals surface area contributed by atoms with Crippen LogP contribution in [0.2, 0.25) is 0 Å². The number of hydrogen-bond donors (Lipinski definition) is 8. The van der Waals surface area contributed by atoms with Crippen LogP contribution in [0.4, 0.5) is 4.39 Å². The molecule has 2 fully saturated rings. The highest BCUT2D eigenvalue weighted by Crippen LogP contribution is 2.32. The van der Waals surface area contributed by atoms with Gasteiger partial charge in [-0.15, -0.1) is 0 Å². The van der Waals surface area contributed by atoms with Crippen molar-refractivity contribution in [3.05, 3.63) is 149 Å². The lowest BCUT2D eigenvalue weighted by Crippen LogP contribution is -2.64. The first kappa shape index (κ1) is 70.1. The zero-order chi connectivity index (χ0) is 67.1.